The maximum Gasteiger partial charge on any atom is 0.289 e. The summed E-state index contributed by atoms with van der Waals surface area (Å²) in [4.78, 5) is 1.06. The van der Waals surface area contributed by atoms with Crippen molar-refractivity contribution in [3.63, 3.8) is 0 Å². The summed E-state index contributed by atoms with van der Waals surface area (Å²) in [6.07, 6.45) is 3.63. The standard InChI is InChI=1S/C18H12Cl2N2OS2/c19-12-6-7-14(13(20)11-12)21-18(24)16(22-8-2-1-3-9-22)17(23)15-5-4-10-25-15/h1-11H,(H-,21,23,24)/p+1. The Kier molecular flexibility index (Phi) is 5.71. The number of aromatic nitrogens is 1. The molecule has 3 nitrogen and oxygen atoms in total. The second-order valence-electron chi connectivity index (χ2n) is 5.04. The summed E-state index contributed by atoms with van der Waals surface area (Å²) in [5.74, 6) is 0.0915. The Morgan fingerprint density at radius 2 is 1.84 bits per heavy atom. The van der Waals surface area contributed by atoms with Crippen LogP contribution in [0, 0.1) is 0 Å². The van der Waals surface area contributed by atoms with E-state index in [2.05, 4.69) is 5.32 Å². The van der Waals surface area contributed by atoms with E-state index in [9.17, 15) is 5.11 Å². The number of nitrogens with one attached hydrogen (secondary N) is 1. The van der Waals surface area contributed by atoms with Crippen molar-refractivity contribution in [1.82, 2.24) is 0 Å². The number of rotatable bonds is 4. The highest BCUT2D eigenvalue weighted by Gasteiger charge is 2.24. The first-order valence-corrected chi connectivity index (χ1v) is 9.31. The van der Waals surface area contributed by atoms with Gasteiger partial charge in [0.1, 0.15) is 0 Å². The summed E-state index contributed by atoms with van der Waals surface area (Å²) in [6.45, 7) is 0. The largest absolute Gasteiger partial charge is 0.501 e. The first-order chi connectivity index (χ1) is 12.1. The van der Waals surface area contributed by atoms with Crippen molar-refractivity contribution >= 4 is 68.9 Å². The van der Waals surface area contributed by atoms with Gasteiger partial charge in [-0.1, -0.05) is 47.6 Å². The van der Waals surface area contributed by atoms with Gasteiger partial charge in [-0.05, 0) is 29.6 Å². The molecule has 25 heavy (non-hydrogen) atoms. The third kappa shape index (κ3) is 4.19. The van der Waals surface area contributed by atoms with Crippen LogP contribution >= 0.6 is 46.8 Å². The van der Waals surface area contributed by atoms with Gasteiger partial charge < -0.3 is 10.4 Å². The zero-order valence-electron chi connectivity index (χ0n) is 12.8. The topological polar surface area (TPSA) is 36.1 Å². The van der Waals surface area contributed by atoms with Crippen LogP contribution in [0.2, 0.25) is 10.0 Å². The zero-order valence-corrected chi connectivity index (χ0v) is 16.0. The Hall–Kier alpha value is -1.92. The number of aliphatic hydroxyl groups excluding tert-OH is 1. The van der Waals surface area contributed by atoms with Gasteiger partial charge in [-0.3, -0.25) is 0 Å². The van der Waals surface area contributed by atoms with Gasteiger partial charge in [0.25, 0.3) is 5.70 Å². The lowest BCUT2D eigenvalue weighted by atomic mass is 10.2. The Balaban J connectivity index is 2.03. The van der Waals surface area contributed by atoms with Gasteiger partial charge in [-0.15, -0.1) is 11.3 Å². The first-order valence-electron chi connectivity index (χ1n) is 7.26. The molecule has 0 aliphatic rings. The number of thiophene rings is 1. The Morgan fingerprint density at radius 1 is 1.08 bits per heavy atom. The highest BCUT2D eigenvalue weighted by molar-refractivity contribution is 7.81. The number of benzene rings is 1. The maximum absolute atomic E-state index is 10.8. The van der Waals surface area contributed by atoms with E-state index in [-0.39, 0.29) is 5.76 Å². The molecule has 0 saturated carbocycles. The summed E-state index contributed by atoms with van der Waals surface area (Å²) in [5.41, 5.74) is 1.08. The van der Waals surface area contributed by atoms with Crippen LogP contribution in [-0.2, 0) is 0 Å². The Labute approximate surface area is 164 Å². The average Bonchev–Trinajstić information content (AvgIpc) is 3.13. The molecule has 0 bridgehead atoms. The number of hydrogen-bond acceptors (Lipinski definition) is 3. The van der Waals surface area contributed by atoms with Gasteiger partial charge >= 0.3 is 0 Å². The number of pyridine rings is 1. The molecule has 0 aliphatic carbocycles. The lowest BCUT2D eigenvalue weighted by molar-refractivity contribution is -0.575. The van der Waals surface area contributed by atoms with E-state index in [0.29, 0.717) is 26.4 Å². The number of halogens is 2. The molecular formula is C18H13Cl2N2OS2+. The highest BCUT2D eigenvalue weighted by Crippen LogP contribution is 2.27. The van der Waals surface area contributed by atoms with E-state index >= 15 is 0 Å². The molecule has 126 valence electrons. The lowest BCUT2D eigenvalue weighted by Gasteiger charge is -2.10. The molecule has 2 heterocycles. The van der Waals surface area contributed by atoms with Crippen LogP contribution in [0.1, 0.15) is 4.88 Å². The zero-order chi connectivity index (χ0) is 17.8. The van der Waals surface area contributed by atoms with Crippen molar-refractivity contribution in [2.45, 2.75) is 0 Å². The molecule has 0 unspecified atom stereocenters. The van der Waals surface area contributed by atoms with Crippen molar-refractivity contribution < 1.29 is 9.67 Å². The molecule has 0 atom stereocenters. The van der Waals surface area contributed by atoms with E-state index in [0.717, 1.165) is 4.88 Å². The number of hydrogen-bond donors (Lipinski definition) is 2. The van der Waals surface area contributed by atoms with Gasteiger partial charge in [0.2, 0.25) is 5.76 Å². The number of aliphatic hydroxyl groups is 1. The third-order valence-electron chi connectivity index (χ3n) is 3.35. The smallest absolute Gasteiger partial charge is 0.289 e. The molecule has 0 amide bonds. The Bertz CT molecular complexity index is 926. The quantitative estimate of drug-likeness (QED) is 0.253. The van der Waals surface area contributed by atoms with Crippen molar-refractivity contribution in [2.75, 3.05) is 5.32 Å². The second kappa shape index (κ2) is 7.97. The van der Waals surface area contributed by atoms with E-state index in [1.54, 1.807) is 22.8 Å². The van der Waals surface area contributed by atoms with Crippen LogP contribution in [0.25, 0.3) is 11.5 Å². The monoisotopic (exact) mass is 407 g/mol. The van der Waals surface area contributed by atoms with Crippen molar-refractivity contribution in [3.05, 3.63) is 81.2 Å². The average molecular weight is 408 g/mol. The van der Waals surface area contributed by atoms with E-state index in [1.807, 2.05) is 48.1 Å². The van der Waals surface area contributed by atoms with E-state index in [1.165, 1.54) is 11.3 Å². The molecule has 0 fully saturated rings. The third-order valence-corrected chi connectivity index (χ3v) is 5.07. The van der Waals surface area contributed by atoms with Gasteiger partial charge in [-0.25, -0.2) is 0 Å². The summed E-state index contributed by atoms with van der Waals surface area (Å²) in [6, 6.07) is 14.4. The van der Waals surface area contributed by atoms with Gasteiger partial charge in [0.05, 0.1) is 15.6 Å². The molecule has 0 aliphatic heterocycles. The SMILES string of the molecule is O/C(=C(\C(=S)Nc1ccc(Cl)cc1Cl)[n+]1ccccc1)c1cccs1. The number of nitrogens with zero attached hydrogens (tertiary/aromatic N) is 1. The predicted molar refractivity (Wildman–Crippen MR) is 109 cm³/mol. The van der Waals surface area contributed by atoms with Crippen molar-refractivity contribution in [2.24, 2.45) is 0 Å². The molecule has 0 radical (unpaired) electrons. The molecule has 3 aromatic rings. The normalized spacial score (nSPS) is 11.8. The van der Waals surface area contributed by atoms with Gasteiger partial charge in [0, 0.05) is 17.2 Å². The molecule has 2 aromatic heterocycles. The maximum atomic E-state index is 10.8. The molecule has 3 rings (SSSR count). The molecule has 2 N–H and O–H groups in total. The van der Waals surface area contributed by atoms with Crippen molar-refractivity contribution in [1.29, 1.82) is 0 Å². The van der Waals surface area contributed by atoms with Crippen molar-refractivity contribution in [3.8, 4) is 0 Å². The summed E-state index contributed by atoms with van der Waals surface area (Å²) >= 11 is 19.1. The summed E-state index contributed by atoms with van der Waals surface area (Å²) in [7, 11) is 0. The number of thiocarbonyl (C=S) groups is 1. The first kappa shape index (κ1) is 17.9. The molecule has 0 spiro atoms. The summed E-state index contributed by atoms with van der Waals surface area (Å²) < 4.78 is 1.76. The molecule has 0 saturated heterocycles. The van der Waals surface area contributed by atoms with Crippen LogP contribution in [0.15, 0.2) is 66.3 Å². The lowest BCUT2D eigenvalue weighted by Crippen LogP contribution is -2.38. The second-order valence-corrected chi connectivity index (χ2v) is 7.24. The minimum absolute atomic E-state index is 0.0915. The van der Waals surface area contributed by atoms with Crippen LogP contribution < -0.4 is 9.88 Å². The highest BCUT2D eigenvalue weighted by atomic mass is 35.5. The minimum atomic E-state index is 0.0915. The van der Waals surface area contributed by atoms with Crippen LogP contribution in [-0.4, -0.2) is 10.1 Å². The fraction of sp³-hybridized carbons (Fsp3) is 0. The van der Waals surface area contributed by atoms with Gasteiger partial charge in [-0.2, -0.15) is 4.57 Å². The fourth-order valence-corrected chi connectivity index (χ4v) is 3.63. The van der Waals surface area contributed by atoms with Crippen LogP contribution in [0.4, 0.5) is 5.69 Å². The molecule has 7 heteroatoms. The minimum Gasteiger partial charge on any atom is -0.501 e. The van der Waals surface area contributed by atoms with Crippen LogP contribution in [0.5, 0.6) is 0 Å². The van der Waals surface area contributed by atoms with Crippen LogP contribution in [0.3, 0.4) is 0 Å². The predicted octanol–water partition coefficient (Wildman–Crippen LogP) is 5.67. The molecule has 1 aromatic carbocycles. The van der Waals surface area contributed by atoms with E-state index < -0.39 is 0 Å². The van der Waals surface area contributed by atoms with Gasteiger partial charge in [0.15, 0.2) is 17.4 Å². The Morgan fingerprint density at radius 3 is 2.48 bits per heavy atom. The molecular weight excluding hydrogens is 395 g/mol. The fourth-order valence-electron chi connectivity index (χ4n) is 2.20. The number of anilines is 1. The van der Waals surface area contributed by atoms with E-state index in [4.69, 9.17) is 35.4 Å². The summed E-state index contributed by atoms with van der Waals surface area (Å²) in [5, 5.41) is 16.7.